The largest absolute Gasteiger partial charge is 0.457 e. The van der Waals surface area contributed by atoms with Gasteiger partial charge in [-0.2, -0.15) is 5.26 Å². The van der Waals surface area contributed by atoms with Crippen molar-refractivity contribution in [1.29, 1.82) is 5.26 Å². The number of hydrogen-bond acceptors (Lipinski definition) is 5. The molecule has 5 nitrogen and oxygen atoms in total. The molecule has 0 amide bonds. The summed E-state index contributed by atoms with van der Waals surface area (Å²) in [5.41, 5.74) is -1.76. The van der Waals surface area contributed by atoms with Crippen LogP contribution < -0.4 is 4.74 Å². The molecule has 1 aliphatic heterocycles. The first-order chi connectivity index (χ1) is 11.7. The summed E-state index contributed by atoms with van der Waals surface area (Å²) in [6, 6.07) is 7.67. The monoisotopic (exact) mass is 363 g/mol. The highest BCUT2D eigenvalue weighted by molar-refractivity contribution is 7.91. The van der Waals surface area contributed by atoms with Gasteiger partial charge in [-0.3, -0.25) is 0 Å². The molecule has 128 valence electrons. The molecule has 8 heteroatoms. The second kappa shape index (κ2) is 5.00. The second-order valence-electron chi connectivity index (χ2n) is 6.20. The third-order valence-corrected chi connectivity index (χ3v) is 6.32. The minimum absolute atomic E-state index is 0.00577. The average molecular weight is 363 g/mol. The third-order valence-electron chi connectivity index (χ3n) is 4.45. The maximum atomic E-state index is 14.5. The molecule has 0 saturated carbocycles. The zero-order chi connectivity index (χ0) is 18.0. The fraction of sp³-hybridized carbons (Fsp3) is 0.235. The van der Waals surface area contributed by atoms with Crippen molar-refractivity contribution in [2.45, 2.75) is 23.1 Å². The van der Waals surface area contributed by atoms with E-state index in [-0.39, 0.29) is 39.5 Å². The molecule has 2 aliphatic rings. The van der Waals surface area contributed by atoms with E-state index < -0.39 is 33.2 Å². The Morgan fingerprint density at radius 3 is 2.80 bits per heavy atom. The Bertz CT molecular complexity index is 1060. The van der Waals surface area contributed by atoms with Crippen LogP contribution in [0.2, 0.25) is 0 Å². The SMILES string of the molecule is N#Cc1cc(F)cc(Oc2ccc3c4c2C(F)CC4(O)CS3(=O)=O)c1. The molecular formula is C17H11F2NO4S. The fourth-order valence-electron chi connectivity index (χ4n) is 3.56. The van der Waals surface area contributed by atoms with Gasteiger partial charge in [-0.25, -0.2) is 17.2 Å². The van der Waals surface area contributed by atoms with E-state index in [0.717, 1.165) is 12.1 Å². The molecule has 0 aromatic heterocycles. The van der Waals surface area contributed by atoms with Crippen molar-refractivity contribution < 1.29 is 27.0 Å². The van der Waals surface area contributed by atoms with Crippen molar-refractivity contribution >= 4 is 9.84 Å². The lowest BCUT2D eigenvalue weighted by Crippen LogP contribution is -2.25. The number of nitrogens with zero attached hydrogens (tertiary/aromatic N) is 1. The van der Waals surface area contributed by atoms with E-state index in [1.54, 1.807) is 6.07 Å². The second-order valence-corrected chi connectivity index (χ2v) is 8.16. The van der Waals surface area contributed by atoms with E-state index in [0.29, 0.717) is 0 Å². The Labute approximate surface area is 142 Å². The van der Waals surface area contributed by atoms with Crippen LogP contribution in [0.25, 0.3) is 0 Å². The molecule has 2 atom stereocenters. The first kappa shape index (κ1) is 16.0. The number of hydrogen-bond donors (Lipinski definition) is 1. The molecule has 2 aromatic carbocycles. The van der Waals surface area contributed by atoms with Gasteiger partial charge in [-0.05, 0) is 24.3 Å². The van der Waals surface area contributed by atoms with Gasteiger partial charge in [0.2, 0.25) is 0 Å². The standard InChI is InChI=1S/C17H11F2NO4S/c18-10-3-9(7-20)4-11(5-10)24-13-1-2-14-16-15(13)12(19)6-17(16,21)8-25(14,22)23/h1-5,12,21H,6,8H2. The summed E-state index contributed by atoms with van der Waals surface area (Å²) >= 11 is 0. The first-order valence-electron chi connectivity index (χ1n) is 7.39. The highest BCUT2D eigenvalue weighted by Gasteiger charge is 2.55. The Morgan fingerprint density at radius 1 is 1.32 bits per heavy atom. The summed E-state index contributed by atoms with van der Waals surface area (Å²) in [6.45, 7) is 0. The van der Waals surface area contributed by atoms with Crippen LogP contribution >= 0.6 is 0 Å². The van der Waals surface area contributed by atoms with E-state index >= 15 is 0 Å². The fourth-order valence-corrected chi connectivity index (χ4v) is 5.49. The van der Waals surface area contributed by atoms with Crippen LogP contribution in [-0.4, -0.2) is 19.3 Å². The normalized spacial score (nSPS) is 25.4. The number of aliphatic hydroxyl groups is 1. The van der Waals surface area contributed by atoms with Crippen LogP contribution in [0.5, 0.6) is 11.5 Å². The molecular weight excluding hydrogens is 352 g/mol. The maximum absolute atomic E-state index is 14.5. The summed E-state index contributed by atoms with van der Waals surface area (Å²) < 4.78 is 57.9. The zero-order valence-corrected chi connectivity index (χ0v) is 13.5. The van der Waals surface area contributed by atoms with E-state index in [1.165, 1.54) is 18.2 Å². The lowest BCUT2D eigenvalue weighted by molar-refractivity contribution is 0.0466. The molecule has 0 fully saturated rings. The van der Waals surface area contributed by atoms with Gasteiger partial charge >= 0.3 is 0 Å². The Balaban J connectivity index is 1.86. The van der Waals surface area contributed by atoms with Crippen LogP contribution in [0.1, 0.15) is 29.3 Å². The van der Waals surface area contributed by atoms with Crippen LogP contribution in [0, 0.1) is 17.1 Å². The van der Waals surface area contributed by atoms with Gasteiger partial charge in [0, 0.05) is 23.6 Å². The van der Waals surface area contributed by atoms with Gasteiger partial charge in [-0.1, -0.05) is 0 Å². The molecule has 0 spiro atoms. The molecule has 2 unspecified atom stereocenters. The number of benzene rings is 2. The van der Waals surface area contributed by atoms with E-state index in [1.807, 2.05) is 0 Å². The quantitative estimate of drug-likeness (QED) is 0.886. The average Bonchev–Trinajstić information content (AvgIpc) is 2.88. The van der Waals surface area contributed by atoms with Crippen LogP contribution in [0.4, 0.5) is 8.78 Å². The number of ether oxygens (including phenoxy) is 1. The molecule has 25 heavy (non-hydrogen) atoms. The first-order valence-corrected chi connectivity index (χ1v) is 9.04. The van der Waals surface area contributed by atoms with E-state index in [2.05, 4.69) is 0 Å². The summed E-state index contributed by atoms with van der Waals surface area (Å²) in [4.78, 5) is -0.102. The van der Waals surface area contributed by atoms with Gasteiger partial charge in [-0.15, -0.1) is 0 Å². The topological polar surface area (TPSA) is 87.4 Å². The van der Waals surface area contributed by atoms with Crippen molar-refractivity contribution in [2.75, 3.05) is 5.75 Å². The van der Waals surface area contributed by atoms with Crippen molar-refractivity contribution in [3.8, 4) is 17.6 Å². The molecule has 0 saturated heterocycles. The van der Waals surface area contributed by atoms with E-state index in [9.17, 15) is 22.3 Å². The van der Waals surface area contributed by atoms with Crippen LogP contribution in [0.15, 0.2) is 35.2 Å². The summed E-state index contributed by atoms with van der Waals surface area (Å²) in [7, 11) is -3.69. The number of sulfone groups is 1. The highest BCUT2D eigenvalue weighted by Crippen LogP contribution is 2.56. The third kappa shape index (κ3) is 2.31. The Morgan fingerprint density at radius 2 is 2.08 bits per heavy atom. The number of nitriles is 1. The molecule has 1 heterocycles. The van der Waals surface area contributed by atoms with Crippen molar-refractivity contribution in [3.05, 3.63) is 52.8 Å². The Hall–Kier alpha value is -2.50. The van der Waals surface area contributed by atoms with Crippen LogP contribution in [-0.2, 0) is 15.4 Å². The van der Waals surface area contributed by atoms with Crippen molar-refractivity contribution in [2.24, 2.45) is 0 Å². The summed E-state index contributed by atoms with van der Waals surface area (Å²) in [6.07, 6.45) is -1.98. The van der Waals surface area contributed by atoms with Gasteiger partial charge in [0.25, 0.3) is 0 Å². The molecule has 1 aliphatic carbocycles. The molecule has 4 rings (SSSR count). The zero-order valence-electron chi connectivity index (χ0n) is 12.7. The molecule has 2 aromatic rings. The van der Waals surface area contributed by atoms with Gasteiger partial charge in [0.15, 0.2) is 9.84 Å². The van der Waals surface area contributed by atoms with Gasteiger partial charge < -0.3 is 9.84 Å². The van der Waals surface area contributed by atoms with Gasteiger partial charge in [0.1, 0.15) is 29.1 Å². The van der Waals surface area contributed by atoms with Crippen molar-refractivity contribution in [3.63, 3.8) is 0 Å². The minimum atomic E-state index is -3.69. The Kier molecular flexibility index (Phi) is 3.20. The smallest absolute Gasteiger partial charge is 0.181 e. The summed E-state index contributed by atoms with van der Waals surface area (Å²) in [5.74, 6) is -1.28. The van der Waals surface area contributed by atoms with Crippen LogP contribution in [0.3, 0.4) is 0 Å². The minimum Gasteiger partial charge on any atom is -0.457 e. The lowest BCUT2D eigenvalue weighted by atomic mass is 9.98. The predicted octanol–water partition coefficient (Wildman–Crippen LogP) is 2.88. The van der Waals surface area contributed by atoms with Crippen molar-refractivity contribution in [1.82, 2.24) is 0 Å². The number of rotatable bonds is 2. The highest BCUT2D eigenvalue weighted by atomic mass is 32.2. The number of halogens is 2. The lowest BCUT2D eigenvalue weighted by Gasteiger charge is -2.15. The number of alkyl halides is 1. The molecule has 0 radical (unpaired) electrons. The summed E-state index contributed by atoms with van der Waals surface area (Å²) in [5, 5.41) is 19.4. The molecule has 1 N–H and O–H groups in total. The van der Waals surface area contributed by atoms with E-state index in [4.69, 9.17) is 10.00 Å². The predicted molar refractivity (Wildman–Crippen MR) is 82.0 cm³/mol. The molecule has 0 bridgehead atoms. The maximum Gasteiger partial charge on any atom is 0.181 e. The van der Waals surface area contributed by atoms with Gasteiger partial charge in [0.05, 0.1) is 22.3 Å².